The number of carbonyl (C=O) groups excluding carboxylic acids is 1. The van der Waals surface area contributed by atoms with Crippen molar-refractivity contribution in [1.29, 1.82) is 0 Å². The first kappa shape index (κ1) is 17.6. The second kappa shape index (κ2) is 6.58. The minimum absolute atomic E-state index is 0.0543. The first-order valence-corrected chi connectivity index (χ1v) is 13.0. The van der Waals surface area contributed by atoms with Crippen LogP contribution < -0.4 is 5.32 Å². The van der Waals surface area contributed by atoms with Crippen molar-refractivity contribution in [3.63, 3.8) is 0 Å². The summed E-state index contributed by atoms with van der Waals surface area (Å²) in [6.07, 6.45) is 3.43. The van der Waals surface area contributed by atoms with Crippen LogP contribution in [0.15, 0.2) is 12.1 Å². The van der Waals surface area contributed by atoms with Gasteiger partial charge < -0.3 is 10.4 Å². The molecule has 1 aliphatic carbocycles. The van der Waals surface area contributed by atoms with Gasteiger partial charge in [0.05, 0.1) is 11.5 Å². The van der Waals surface area contributed by atoms with Crippen molar-refractivity contribution in [3.8, 4) is 0 Å². The van der Waals surface area contributed by atoms with Crippen LogP contribution in [0.25, 0.3) is 10.2 Å². The second-order valence-corrected chi connectivity index (χ2v) is 14.5. The van der Waals surface area contributed by atoms with Crippen LogP contribution in [0, 0.1) is 0 Å². The molecule has 6 heteroatoms. The van der Waals surface area contributed by atoms with Crippen LogP contribution in [0.3, 0.4) is 0 Å². The zero-order valence-electron chi connectivity index (χ0n) is 14.8. The number of aliphatic hydroxyl groups is 1. The summed E-state index contributed by atoms with van der Waals surface area (Å²) in [6.45, 7) is 9.08. The minimum atomic E-state index is -1.14. The number of rotatable bonds is 4. The summed E-state index contributed by atoms with van der Waals surface area (Å²) >= 11 is 1.44. The normalized spacial score (nSPS) is 19.1. The van der Waals surface area contributed by atoms with Crippen LogP contribution in [0.4, 0.5) is 0 Å². The summed E-state index contributed by atoms with van der Waals surface area (Å²) < 4.78 is 0. The number of nitrogens with one attached hydrogen (secondary N) is 1. The van der Waals surface area contributed by atoms with E-state index in [9.17, 15) is 4.79 Å². The third-order valence-corrected chi connectivity index (χ3v) is 8.96. The van der Waals surface area contributed by atoms with Crippen molar-refractivity contribution in [2.24, 2.45) is 0 Å². The predicted molar refractivity (Wildman–Crippen MR) is 103 cm³/mol. The zero-order chi connectivity index (χ0) is 17.5. The van der Waals surface area contributed by atoms with Gasteiger partial charge in [0.25, 0.3) is 5.91 Å². The largest absolute Gasteiger partial charge is 0.394 e. The molecule has 0 saturated heterocycles. The Hall–Kier alpha value is -1.24. The number of aryl methyl sites for hydroxylation is 1. The maximum Gasteiger partial charge on any atom is 0.261 e. The Morgan fingerprint density at radius 1 is 1.46 bits per heavy atom. The lowest BCUT2D eigenvalue weighted by atomic mass is 9.95. The van der Waals surface area contributed by atoms with Crippen molar-refractivity contribution < 1.29 is 9.90 Å². The highest BCUT2D eigenvalue weighted by Gasteiger charge is 2.31. The van der Waals surface area contributed by atoms with Crippen LogP contribution in [-0.4, -0.2) is 36.7 Å². The molecular formula is C18H26N2O2SSi. The van der Waals surface area contributed by atoms with E-state index in [1.54, 1.807) is 6.92 Å². The molecule has 0 fully saturated rings. The molecule has 2 N–H and O–H groups in total. The summed E-state index contributed by atoms with van der Waals surface area (Å²) in [5, 5.41) is 13.0. The average molecular weight is 363 g/mol. The number of aromatic nitrogens is 1. The number of thiophene rings is 1. The van der Waals surface area contributed by atoms with Gasteiger partial charge in [0.1, 0.15) is 4.83 Å². The molecule has 1 unspecified atom stereocenters. The van der Waals surface area contributed by atoms with E-state index in [1.807, 2.05) is 6.07 Å². The number of hydrogen-bond acceptors (Lipinski definition) is 4. The Labute approximate surface area is 148 Å². The van der Waals surface area contributed by atoms with Crippen molar-refractivity contribution in [2.45, 2.75) is 57.4 Å². The molecule has 0 radical (unpaired) electrons. The molecule has 0 bridgehead atoms. The fourth-order valence-corrected chi connectivity index (χ4v) is 6.10. The zero-order valence-corrected chi connectivity index (χ0v) is 16.7. The molecule has 1 amide bonds. The van der Waals surface area contributed by atoms with Gasteiger partial charge >= 0.3 is 0 Å². The van der Waals surface area contributed by atoms with Crippen molar-refractivity contribution >= 4 is 35.5 Å². The molecule has 0 aliphatic heterocycles. The van der Waals surface area contributed by atoms with Crippen LogP contribution in [0.5, 0.6) is 0 Å². The van der Waals surface area contributed by atoms with Crippen molar-refractivity contribution in [1.82, 2.24) is 10.3 Å². The minimum Gasteiger partial charge on any atom is -0.394 e. The molecule has 1 aliphatic rings. The van der Waals surface area contributed by atoms with Crippen LogP contribution >= 0.6 is 11.3 Å². The third-order valence-electron chi connectivity index (χ3n) is 4.97. The first-order chi connectivity index (χ1) is 11.3. The van der Waals surface area contributed by atoms with Gasteiger partial charge in [0.15, 0.2) is 0 Å². The topological polar surface area (TPSA) is 62.2 Å². The van der Waals surface area contributed by atoms with E-state index in [0.29, 0.717) is 4.88 Å². The Kier molecular flexibility index (Phi) is 4.82. The molecule has 2 aromatic heterocycles. The van der Waals surface area contributed by atoms with E-state index >= 15 is 0 Å². The van der Waals surface area contributed by atoms with Gasteiger partial charge in [-0.25, -0.2) is 4.98 Å². The van der Waals surface area contributed by atoms with Gasteiger partial charge in [-0.2, -0.15) is 0 Å². The van der Waals surface area contributed by atoms with Crippen LogP contribution in [0.2, 0.25) is 25.2 Å². The number of amides is 1. The van der Waals surface area contributed by atoms with Crippen LogP contribution in [-0.2, 0) is 12.8 Å². The highest BCUT2D eigenvalue weighted by molar-refractivity contribution is 7.20. The van der Waals surface area contributed by atoms with Gasteiger partial charge in [-0.05, 0) is 49.4 Å². The van der Waals surface area contributed by atoms with Gasteiger partial charge in [-0.15, -0.1) is 11.3 Å². The quantitative estimate of drug-likeness (QED) is 0.817. The molecular weight excluding hydrogens is 336 g/mol. The molecule has 0 saturated carbocycles. The van der Waals surface area contributed by atoms with Crippen molar-refractivity contribution in [2.75, 3.05) is 6.61 Å². The Bertz CT molecular complexity index is 766. The van der Waals surface area contributed by atoms with Gasteiger partial charge in [0, 0.05) is 25.2 Å². The van der Waals surface area contributed by atoms with E-state index in [-0.39, 0.29) is 18.6 Å². The lowest BCUT2D eigenvalue weighted by molar-refractivity contribution is 0.0926. The summed E-state index contributed by atoms with van der Waals surface area (Å²) in [7, 11) is -1.14. The Morgan fingerprint density at radius 2 is 2.21 bits per heavy atom. The molecule has 3 rings (SSSR count). The van der Waals surface area contributed by atoms with E-state index in [1.165, 1.54) is 29.0 Å². The van der Waals surface area contributed by atoms with Crippen molar-refractivity contribution in [3.05, 3.63) is 28.3 Å². The Balaban J connectivity index is 1.88. The van der Waals surface area contributed by atoms with Gasteiger partial charge in [-0.3, -0.25) is 4.79 Å². The van der Waals surface area contributed by atoms with Crippen LogP contribution in [0.1, 0.15) is 34.3 Å². The molecule has 0 aromatic carbocycles. The summed E-state index contributed by atoms with van der Waals surface area (Å²) in [5.41, 5.74) is 3.40. The molecule has 2 heterocycles. The smallest absolute Gasteiger partial charge is 0.261 e. The summed E-state index contributed by atoms with van der Waals surface area (Å²) in [4.78, 5) is 18.7. The number of fused-ring (bicyclic) bond motifs is 2. The number of pyridine rings is 1. The number of hydrogen-bond donors (Lipinski definition) is 2. The van der Waals surface area contributed by atoms with E-state index in [2.05, 4.69) is 31.0 Å². The maximum absolute atomic E-state index is 12.3. The molecule has 24 heavy (non-hydrogen) atoms. The molecule has 2 atom stereocenters. The number of aliphatic hydroxyl groups excluding tert-OH is 1. The molecule has 2 aromatic rings. The monoisotopic (exact) mass is 362 g/mol. The lowest BCUT2D eigenvalue weighted by Gasteiger charge is -2.33. The highest BCUT2D eigenvalue weighted by atomic mass is 32.1. The van der Waals surface area contributed by atoms with Gasteiger partial charge in [-0.1, -0.05) is 19.6 Å². The second-order valence-electron chi connectivity index (χ2n) is 7.96. The highest BCUT2D eigenvalue weighted by Crippen LogP contribution is 2.37. The average Bonchev–Trinajstić information content (AvgIpc) is 2.93. The Morgan fingerprint density at radius 3 is 2.88 bits per heavy atom. The van der Waals surface area contributed by atoms with E-state index in [4.69, 9.17) is 10.1 Å². The predicted octanol–water partition coefficient (Wildman–Crippen LogP) is 3.60. The van der Waals surface area contributed by atoms with Gasteiger partial charge in [0.2, 0.25) is 0 Å². The van der Waals surface area contributed by atoms with E-state index in [0.717, 1.165) is 28.6 Å². The number of nitrogens with zero attached hydrogens (tertiary/aromatic N) is 1. The third kappa shape index (κ3) is 3.55. The molecule has 130 valence electrons. The first-order valence-electron chi connectivity index (χ1n) is 8.62. The molecule has 0 spiro atoms. The maximum atomic E-state index is 12.3. The SMILES string of the molecule is C[C@@H](CO)NC(=O)c1cc2cc3c(nc2s1)CCC([Si](C)(C)C)C3. The molecule has 4 nitrogen and oxygen atoms in total. The summed E-state index contributed by atoms with van der Waals surface area (Å²) in [6, 6.07) is 3.94. The lowest BCUT2D eigenvalue weighted by Crippen LogP contribution is -2.34. The summed E-state index contributed by atoms with van der Waals surface area (Å²) in [5.74, 6) is -0.127. The fraction of sp³-hybridized carbons (Fsp3) is 0.556. The van der Waals surface area contributed by atoms with E-state index < -0.39 is 8.07 Å². The fourth-order valence-electron chi connectivity index (χ4n) is 3.32. The number of carbonyl (C=O) groups is 1. The standard InChI is InChI=1S/C18H26N2O2SSi/c1-11(10-21)19-17(22)16-9-13-7-12-8-14(24(2,3)4)5-6-15(12)20-18(13)23-16/h7,9,11,14,21H,5-6,8,10H2,1-4H3,(H,19,22)/t11-,14?/m0/s1.